The molecule has 0 spiro atoms. The number of rotatable bonds is 10. The van der Waals surface area contributed by atoms with E-state index in [-0.39, 0.29) is 0 Å². The van der Waals surface area contributed by atoms with Gasteiger partial charge in [-0.25, -0.2) is 0 Å². The summed E-state index contributed by atoms with van der Waals surface area (Å²) in [6.45, 7) is 1.61. The highest BCUT2D eigenvalue weighted by atomic mass is 35.5. The maximum Gasteiger partial charge on any atom is 0.125 e. The summed E-state index contributed by atoms with van der Waals surface area (Å²) in [7, 11) is 0. The summed E-state index contributed by atoms with van der Waals surface area (Å²) in [5.41, 5.74) is 9.44. The zero-order valence-electron chi connectivity index (χ0n) is 18.5. The van der Waals surface area contributed by atoms with Crippen LogP contribution >= 0.6 is 11.6 Å². The van der Waals surface area contributed by atoms with Gasteiger partial charge in [0.25, 0.3) is 0 Å². The first kappa shape index (κ1) is 23.9. The number of alkyl halides is 1. The van der Waals surface area contributed by atoms with Gasteiger partial charge in [-0.3, -0.25) is 0 Å². The Balaban J connectivity index is 1.46. The van der Waals surface area contributed by atoms with Gasteiger partial charge in [-0.15, -0.1) is 11.6 Å². The first-order chi connectivity index (χ1) is 16.2. The molecule has 33 heavy (non-hydrogen) atoms. The highest BCUT2D eigenvalue weighted by Gasteiger charge is 2.45. The molecular weight excluding hydrogens is 438 g/mol. The van der Waals surface area contributed by atoms with Gasteiger partial charge in [-0.1, -0.05) is 91.0 Å². The van der Waals surface area contributed by atoms with Crippen LogP contribution in [-0.2, 0) is 38.8 Å². The Bertz CT molecular complexity index is 944. The molecule has 2 N–H and O–H groups in total. The summed E-state index contributed by atoms with van der Waals surface area (Å²) in [6.07, 6.45) is -1.99. The third-order valence-corrected chi connectivity index (χ3v) is 6.11. The molecule has 3 aromatic carbocycles. The Hall–Kier alpha value is -2.25. The predicted molar refractivity (Wildman–Crippen MR) is 129 cm³/mol. The molecule has 3 aromatic rings. The van der Waals surface area contributed by atoms with Gasteiger partial charge in [0.05, 0.1) is 26.4 Å². The number of halogens is 1. The van der Waals surface area contributed by atoms with Gasteiger partial charge in [-0.2, -0.15) is 0 Å². The predicted octanol–water partition coefficient (Wildman–Crippen LogP) is 4.67. The van der Waals surface area contributed by atoms with Crippen molar-refractivity contribution >= 4 is 11.6 Å². The van der Waals surface area contributed by atoms with Crippen molar-refractivity contribution in [3.05, 3.63) is 108 Å². The smallest absolute Gasteiger partial charge is 0.125 e. The summed E-state index contributed by atoms with van der Waals surface area (Å²) in [5, 5.41) is -0.556. The fourth-order valence-corrected chi connectivity index (χ4v) is 4.13. The van der Waals surface area contributed by atoms with Crippen LogP contribution in [0.15, 0.2) is 91.0 Å². The van der Waals surface area contributed by atoms with E-state index in [4.69, 9.17) is 36.3 Å². The van der Waals surface area contributed by atoms with Crippen molar-refractivity contribution in [1.29, 1.82) is 0 Å². The fourth-order valence-electron chi connectivity index (χ4n) is 3.86. The van der Waals surface area contributed by atoms with Crippen LogP contribution in [0.2, 0.25) is 0 Å². The lowest BCUT2D eigenvalue weighted by atomic mass is 9.99. The summed E-state index contributed by atoms with van der Waals surface area (Å²) in [6, 6.07) is 30.0. The molecule has 0 radical (unpaired) electrons. The van der Waals surface area contributed by atoms with E-state index < -0.39 is 29.9 Å². The average Bonchev–Trinajstić information content (AvgIpc) is 2.86. The van der Waals surface area contributed by atoms with E-state index in [0.29, 0.717) is 26.4 Å². The van der Waals surface area contributed by atoms with E-state index in [2.05, 4.69) is 0 Å². The van der Waals surface area contributed by atoms with E-state index in [1.165, 1.54) is 0 Å². The molecule has 0 saturated carbocycles. The lowest BCUT2D eigenvalue weighted by Crippen LogP contribution is -2.61. The largest absolute Gasteiger partial charge is 0.374 e. The van der Waals surface area contributed by atoms with Crippen LogP contribution in [0.4, 0.5) is 0 Å². The minimum Gasteiger partial charge on any atom is -0.374 e. The maximum absolute atomic E-state index is 6.68. The molecule has 5 nitrogen and oxygen atoms in total. The van der Waals surface area contributed by atoms with Crippen LogP contribution in [0.25, 0.3) is 0 Å². The van der Waals surface area contributed by atoms with Crippen LogP contribution in [0.3, 0.4) is 0 Å². The second kappa shape index (κ2) is 12.3. The Kier molecular flexibility index (Phi) is 8.89. The maximum atomic E-state index is 6.68. The van der Waals surface area contributed by atoms with Crippen molar-refractivity contribution in [1.82, 2.24) is 0 Å². The zero-order chi connectivity index (χ0) is 22.9. The third-order valence-electron chi connectivity index (χ3n) is 5.61. The molecular formula is C27H30ClNO4. The Morgan fingerprint density at radius 3 is 1.64 bits per heavy atom. The molecule has 1 saturated heterocycles. The van der Waals surface area contributed by atoms with Gasteiger partial charge in [0, 0.05) is 0 Å². The molecule has 6 heteroatoms. The van der Waals surface area contributed by atoms with Gasteiger partial charge in [0.15, 0.2) is 0 Å². The number of hydrogen-bond donors (Lipinski definition) is 1. The highest BCUT2D eigenvalue weighted by molar-refractivity contribution is 6.21. The highest BCUT2D eigenvalue weighted by Crippen LogP contribution is 2.29. The van der Waals surface area contributed by atoms with Crippen molar-refractivity contribution in [2.75, 3.05) is 6.61 Å². The molecule has 5 atom stereocenters. The summed E-state index contributed by atoms with van der Waals surface area (Å²) < 4.78 is 24.6. The van der Waals surface area contributed by atoms with Crippen molar-refractivity contribution in [2.24, 2.45) is 5.73 Å². The molecule has 1 heterocycles. The first-order valence-electron chi connectivity index (χ1n) is 11.2. The number of ether oxygens (including phenoxy) is 4. The fraction of sp³-hybridized carbons (Fsp3) is 0.333. The topological polar surface area (TPSA) is 62.9 Å². The Morgan fingerprint density at radius 2 is 1.12 bits per heavy atom. The van der Waals surface area contributed by atoms with Gasteiger partial charge in [0.1, 0.15) is 29.9 Å². The Morgan fingerprint density at radius 1 is 0.667 bits per heavy atom. The average molecular weight is 468 g/mol. The second-order valence-electron chi connectivity index (χ2n) is 8.11. The first-order valence-corrected chi connectivity index (χ1v) is 11.6. The zero-order valence-corrected chi connectivity index (χ0v) is 19.2. The molecule has 0 amide bonds. The molecule has 4 rings (SSSR count). The van der Waals surface area contributed by atoms with Crippen molar-refractivity contribution in [3.8, 4) is 0 Å². The molecule has 1 fully saturated rings. The van der Waals surface area contributed by atoms with Crippen molar-refractivity contribution in [3.63, 3.8) is 0 Å². The molecule has 0 unspecified atom stereocenters. The van der Waals surface area contributed by atoms with Crippen molar-refractivity contribution < 1.29 is 18.9 Å². The summed E-state index contributed by atoms with van der Waals surface area (Å²) in [4.78, 5) is 0. The van der Waals surface area contributed by atoms with Crippen LogP contribution in [0, 0.1) is 0 Å². The van der Waals surface area contributed by atoms with Gasteiger partial charge < -0.3 is 24.7 Å². The minimum atomic E-state index is -0.686. The van der Waals surface area contributed by atoms with Crippen LogP contribution in [0.1, 0.15) is 16.7 Å². The minimum absolute atomic E-state index is 0.316. The quantitative estimate of drug-likeness (QED) is 0.439. The normalized spacial score (nSPS) is 25.1. The molecule has 174 valence electrons. The molecule has 0 aliphatic carbocycles. The molecule has 0 aromatic heterocycles. The number of hydrogen-bond acceptors (Lipinski definition) is 5. The molecule has 1 aliphatic heterocycles. The van der Waals surface area contributed by atoms with E-state index in [1.807, 2.05) is 91.0 Å². The SMILES string of the molecule is N[C@@H]1O[C@H](COCc2ccccc2)[C@@H](OCc2ccccc2)[C@H](OCc2ccccc2)[C@H]1Cl. The van der Waals surface area contributed by atoms with E-state index in [0.717, 1.165) is 16.7 Å². The lowest BCUT2D eigenvalue weighted by Gasteiger charge is -2.43. The van der Waals surface area contributed by atoms with Crippen LogP contribution in [-0.4, -0.2) is 36.5 Å². The van der Waals surface area contributed by atoms with Crippen LogP contribution in [0.5, 0.6) is 0 Å². The van der Waals surface area contributed by atoms with Gasteiger partial charge >= 0.3 is 0 Å². The second-order valence-corrected chi connectivity index (χ2v) is 8.61. The van der Waals surface area contributed by atoms with Gasteiger partial charge in [0.2, 0.25) is 0 Å². The lowest BCUT2D eigenvalue weighted by molar-refractivity contribution is -0.216. The van der Waals surface area contributed by atoms with Crippen LogP contribution < -0.4 is 5.73 Å². The van der Waals surface area contributed by atoms with Crippen molar-refractivity contribution in [2.45, 2.75) is 49.7 Å². The standard InChI is InChI=1S/C27H30ClNO4/c28-24-26(32-18-22-14-8-3-9-15-22)25(31-17-21-12-6-2-7-13-21)23(33-27(24)29)19-30-16-20-10-4-1-5-11-20/h1-15,23-27H,16-19,29H2/t23-,24-,25-,26-,27-/m1/s1. The summed E-state index contributed by atoms with van der Waals surface area (Å²) >= 11 is 6.68. The van der Waals surface area contributed by atoms with Gasteiger partial charge in [-0.05, 0) is 16.7 Å². The van der Waals surface area contributed by atoms with E-state index in [9.17, 15) is 0 Å². The monoisotopic (exact) mass is 467 g/mol. The van der Waals surface area contributed by atoms with E-state index in [1.54, 1.807) is 0 Å². The van der Waals surface area contributed by atoms with E-state index >= 15 is 0 Å². The number of benzene rings is 3. The summed E-state index contributed by atoms with van der Waals surface area (Å²) in [5.74, 6) is 0. The molecule has 0 bridgehead atoms. The number of nitrogens with two attached hydrogens (primary N) is 1. The Labute approximate surface area is 200 Å². The third kappa shape index (κ3) is 6.87. The molecule has 1 aliphatic rings.